The van der Waals surface area contributed by atoms with Crippen molar-refractivity contribution in [1.82, 2.24) is 15.3 Å². The molecule has 2 aromatic carbocycles. The summed E-state index contributed by atoms with van der Waals surface area (Å²) in [5.74, 6) is -3.15. The lowest BCUT2D eigenvalue weighted by Crippen LogP contribution is -2.52. The largest absolute Gasteiger partial charge is 0.489 e. The second-order valence-electron chi connectivity index (χ2n) is 11.0. The van der Waals surface area contributed by atoms with E-state index < -0.39 is 52.9 Å². The molecule has 2 amide bonds. The van der Waals surface area contributed by atoms with Crippen LogP contribution in [0, 0.1) is 11.6 Å². The summed E-state index contributed by atoms with van der Waals surface area (Å²) in [6.07, 6.45) is -3.49. The molecule has 230 valence electrons. The van der Waals surface area contributed by atoms with Crippen molar-refractivity contribution in [3.8, 4) is 17.0 Å². The van der Waals surface area contributed by atoms with Gasteiger partial charge in [-0.1, -0.05) is 6.92 Å². The van der Waals surface area contributed by atoms with Crippen LogP contribution in [-0.4, -0.2) is 46.2 Å². The van der Waals surface area contributed by atoms with Gasteiger partial charge in [0.2, 0.25) is 11.5 Å². The van der Waals surface area contributed by atoms with Crippen molar-refractivity contribution in [3.63, 3.8) is 0 Å². The number of ether oxygens (including phenoxy) is 1. The van der Waals surface area contributed by atoms with Gasteiger partial charge in [-0.3, -0.25) is 9.59 Å². The van der Waals surface area contributed by atoms with Gasteiger partial charge in [0, 0.05) is 22.6 Å². The van der Waals surface area contributed by atoms with Gasteiger partial charge in [-0.05, 0) is 61.7 Å². The number of nitrogens with zero attached hydrogens (tertiary/aromatic N) is 2. The Morgan fingerprint density at radius 2 is 1.84 bits per heavy atom. The average molecular weight is 633 g/mol. The lowest BCUT2D eigenvalue weighted by Gasteiger charge is -2.32. The molecule has 4 N–H and O–H groups in total. The predicted molar refractivity (Wildman–Crippen MR) is 150 cm³/mol. The van der Waals surface area contributed by atoms with Gasteiger partial charge in [0.25, 0.3) is 5.91 Å². The number of fused-ring (bicyclic) bond motifs is 2. The fraction of sp³-hybridized carbons (Fsp3) is 0.333. The third kappa shape index (κ3) is 4.85. The summed E-state index contributed by atoms with van der Waals surface area (Å²) in [5, 5.41) is 14.0. The summed E-state index contributed by atoms with van der Waals surface area (Å²) >= 11 is 1.21. The maximum atomic E-state index is 14.8. The van der Waals surface area contributed by atoms with Crippen LogP contribution in [0.2, 0.25) is 0 Å². The number of nitrogens with two attached hydrogens (primary N) is 1. The van der Waals surface area contributed by atoms with Gasteiger partial charge in [-0.2, -0.15) is 13.2 Å². The minimum absolute atomic E-state index is 0.0324. The molecular formula is C30H25F5N4O4S. The molecule has 6 rings (SSSR count). The molecule has 2 atom stereocenters. The Balaban J connectivity index is 1.41. The molecule has 2 aliphatic rings. The number of benzene rings is 2. The standard InChI is InChI=1S/C30H25F5N4O4S/c1-2-28(27(36)41)13-43-24-18(28)11-21(38-22(24)14-5-7-17(31)8-6-14)29(42,30(33,34)35)12-37-25(40)16-9-19(32)23-20(10-16)44-26(39-23)15-3-4-15/h5-11,15,42H,2-4,12-13H2,1H3,(H2,36,41)(H,37,40)/t28-,29?/m1/s1. The van der Waals surface area contributed by atoms with Crippen LogP contribution in [-0.2, 0) is 15.8 Å². The van der Waals surface area contributed by atoms with E-state index in [9.17, 15) is 36.6 Å². The molecular weight excluding hydrogens is 607 g/mol. The van der Waals surface area contributed by atoms with Crippen molar-refractivity contribution in [2.45, 2.75) is 49.3 Å². The first-order chi connectivity index (χ1) is 20.8. The Labute approximate surface area is 251 Å². The number of halogens is 5. The second-order valence-corrected chi connectivity index (χ2v) is 12.1. The first-order valence-electron chi connectivity index (χ1n) is 13.7. The Bertz CT molecular complexity index is 1810. The highest BCUT2D eigenvalue weighted by Gasteiger charge is 2.58. The van der Waals surface area contributed by atoms with Gasteiger partial charge < -0.3 is 20.9 Å². The van der Waals surface area contributed by atoms with Crippen molar-refractivity contribution in [2.24, 2.45) is 5.73 Å². The molecule has 0 radical (unpaired) electrons. The summed E-state index contributed by atoms with van der Waals surface area (Å²) in [6.45, 7) is -0.0945. The number of rotatable bonds is 8. The van der Waals surface area contributed by atoms with Crippen LogP contribution >= 0.6 is 11.3 Å². The summed E-state index contributed by atoms with van der Waals surface area (Å²) in [5.41, 5.74) is -0.848. The summed E-state index contributed by atoms with van der Waals surface area (Å²) in [7, 11) is 0. The van der Waals surface area contributed by atoms with E-state index in [-0.39, 0.29) is 52.6 Å². The van der Waals surface area contributed by atoms with E-state index in [1.165, 1.54) is 29.5 Å². The maximum Gasteiger partial charge on any atom is 0.424 e. The minimum atomic E-state index is -5.39. The molecule has 1 aliphatic carbocycles. The number of carbonyl (C=O) groups excluding carboxylic acids is 2. The first kappa shape index (κ1) is 29.9. The Morgan fingerprint density at radius 3 is 2.45 bits per heavy atom. The van der Waals surface area contributed by atoms with E-state index in [4.69, 9.17) is 10.5 Å². The van der Waals surface area contributed by atoms with Gasteiger partial charge in [0.05, 0.1) is 21.9 Å². The number of pyridine rings is 1. The van der Waals surface area contributed by atoms with Crippen molar-refractivity contribution in [3.05, 3.63) is 75.9 Å². The number of alkyl halides is 3. The van der Waals surface area contributed by atoms with Crippen LogP contribution in [0.3, 0.4) is 0 Å². The molecule has 0 saturated heterocycles. The summed E-state index contributed by atoms with van der Waals surface area (Å²) in [4.78, 5) is 34.0. The smallest absolute Gasteiger partial charge is 0.424 e. The number of aliphatic hydroxyl groups is 1. The minimum Gasteiger partial charge on any atom is -0.489 e. The zero-order valence-electron chi connectivity index (χ0n) is 23.1. The zero-order valence-corrected chi connectivity index (χ0v) is 23.9. The van der Waals surface area contributed by atoms with Crippen LogP contribution in [0.5, 0.6) is 5.75 Å². The Hall–Kier alpha value is -4.17. The fourth-order valence-corrected chi connectivity index (χ4v) is 6.47. The number of primary amides is 1. The van der Waals surface area contributed by atoms with Crippen LogP contribution < -0.4 is 15.8 Å². The number of nitrogens with one attached hydrogen (secondary N) is 1. The molecule has 4 aromatic rings. The summed E-state index contributed by atoms with van der Waals surface area (Å²) < 4.78 is 78.7. The highest BCUT2D eigenvalue weighted by atomic mass is 32.1. The monoisotopic (exact) mass is 632 g/mol. The lowest BCUT2D eigenvalue weighted by atomic mass is 9.78. The quantitative estimate of drug-likeness (QED) is 0.229. The summed E-state index contributed by atoms with van der Waals surface area (Å²) in [6, 6.07) is 7.75. The van der Waals surface area contributed by atoms with E-state index in [0.29, 0.717) is 4.70 Å². The molecule has 0 spiro atoms. The molecule has 1 unspecified atom stereocenters. The van der Waals surface area contributed by atoms with Crippen molar-refractivity contribution < 1.29 is 41.4 Å². The van der Waals surface area contributed by atoms with Gasteiger partial charge in [0.1, 0.15) is 34.8 Å². The van der Waals surface area contributed by atoms with Gasteiger partial charge in [0.15, 0.2) is 5.82 Å². The number of aromatic nitrogens is 2. The molecule has 2 aromatic heterocycles. The predicted octanol–water partition coefficient (Wildman–Crippen LogP) is 5.22. The normalized spacial score (nSPS) is 19.3. The molecule has 44 heavy (non-hydrogen) atoms. The number of carbonyl (C=O) groups is 2. The molecule has 1 fully saturated rings. The van der Waals surface area contributed by atoms with Crippen LogP contribution in [0.25, 0.3) is 21.5 Å². The molecule has 8 nitrogen and oxygen atoms in total. The molecule has 0 bridgehead atoms. The second kappa shape index (κ2) is 10.5. The number of hydrogen-bond donors (Lipinski definition) is 3. The van der Waals surface area contributed by atoms with Crippen molar-refractivity contribution in [2.75, 3.05) is 13.2 Å². The molecule has 1 aliphatic heterocycles. The Morgan fingerprint density at radius 1 is 1.14 bits per heavy atom. The maximum absolute atomic E-state index is 14.8. The van der Waals surface area contributed by atoms with E-state index in [1.54, 1.807) is 6.92 Å². The molecule has 3 heterocycles. The lowest BCUT2D eigenvalue weighted by molar-refractivity contribution is -0.265. The zero-order chi connectivity index (χ0) is 31.6. The van der Waals surface area contributed by atoms with E-state index in [1.807, 2.05) is 0 Å². The van der Waals surface area contributed by atoms with Crippen molar-refractivity contribution >= 4 is 33.4 Å². The highest BCUT2D eigenvalue weighted by molar-refractivity contribution is 7.18. The Kier molecular flexibility index (Phi) is 7.11. The fourth-order valence-electron chi connectivity index (χ4n) is 5.28. The van der Waals surface area contributed by atoms with Crippen LogP contribution in [0.1, 0.15) is 58.7 Å². The SMILES string of the molecule is CC[C@@]1(C(N)=O)COc2c1cc(C(O)(CNC(=O)c1cc(F)c3nc(C4CC4)sc3c1)C(F)(F)F)nc2-c1ccc(F)cc1. The highest BCUT2D eigenvalue weighted by Crippen LogP contribution is 2.49. The third-order valence-corrected chi connectivity index (χ3v) is 9.36. The first-order valence-corrected chi connectivity index (χ1v) is 14.5. The third-order valence-electron chi connectivity index (χ3n) is 8.20. The molecule has 1 saturated carbocycles. The van der Waals surface area contributed by atoms with Crippen LogP contribution in [0.15, 0.2) is 42.5 Å². The van der Waals surface area contributed by atoms with Gasteiger partial charge in [-0.15, -0.1) is 11.3 Å². The number of amides is 2. The average Bonchev–Trinajstić information content (AvgIpc) is 3.62. The van der Waals surface area contributed by atoms with Crippen molar-refractivity contribution in [1.29, 1.82) is 0 Å². The van der Waals surface area contributed by atoms with Gasteiger partial charge >= 0.3 is 6.18 Å². The topological polar surface area (TPSA) is 127 Å². The van der Waals surface area contributed by atoms with E-state index in [2.05, 4.69) is 15.3 Å². The van der Waals surface area contributed by atoms with E-state index in [0.717, 1.165) is 42.1 Å². The van der Waals surface area contributed by atoms with Gasteiger partial charge in [-0.25, -0.2) is 18.7 Å². The molecule has 14 heteroatoms. The number of thiazole rings is 1. The number of hydrogen-bond acceptors (Lipinski definition) is 7. The van der Waals surface area contributed by atoms with E-state index >= 15 is 0 Å². The van der Waals surface area contributed by atoms with Crippen LogP contribution in [0.4, 0.5) is 22.0 Å².